The molecule has 3 heterocycles. The molecule has 6 nitrogen and oxygen atoms in total. The predicted molar refractivity (Wildman–Crippen MR) is 79.4 cm³/mol. The molecule has 0 N–H and O–H groups in total. The summed E-state index contributed by atoms with van der Waals surface area (Å²) in [5.41, 5.74) is 1.53. The molecule has 0 atom stereocenters. The van der Waals surface area contributed by atoms with Crippen molar-refractivity contribution in [1.82, 2.24) is 15.2 Å². The van der Waals surface area contributed by atoms with Crippen LogP contribution in [0.2, 0.25) is 0 Å². The third-order valence-electron chi connectivity index (χ3n) is 4.45. The van der Waals surface area contributed by atoms with Crippen molar-refractivity contribution in [3.05, 3.63) is 35.8 Å². The summed E-state index contributed by atoms with van der Waals surface area (Å²) in [7, 11) is 0. The zero-order valence-electron chi connectivity index (χ0n) is 12.3. The molecule has 2 aromatic heterocycles. The van der Waals surface area contributed by atoms with Gasteiger partial charge in [0.2, 0.25) is 11.8 Å². The lowest BCUT2D eigenvalue weighted by atomic mass is 9.96. The van der Waals surface area contributed by atoms with Gasteiger partial charge in [-0.25, -0.2) is 4.98 Å². The smallest absolute Gasteiger partial charge is 0.219 e. The van der Waals surface area contributed by atoms with E-state index in [1.807, 2.05) is 12.1 Å². The molecular weight excluding hydrogens is 278 g/mol. The average molecular weight is 295 g/mol. The maximum Gasteiger partial charge on any atom is 0.219 e. The SMILES string of the molecule is N#Cc1ccc(N2CCC(c3nnc(C4CC4)o3)CC2)cn1. The lowest BCUT2D eigenvalue weighted by Gasteiger charge is -2.31. The van der Waals surface area contributed by atoms with Crippen molar-refractivity contribution in [3.8, 4) is 6.07 Å². The first-order valence-electron chi connectivity index (χ1n) is 7.78. The van der Waals surface area contributed by atoms with Crippen molar-refractivity contribution in [2.45, 2.75) is 37.5 Å². The van der Waals surface area contributed by atoms with E-state index in [1.54, 1.807) is 12.3 Å². The van der Waals surface area contributed by atoms with E-state index >= 15 is 0 Å². The summed E-state index contributed by atoms with van der Waals surface area (Å²) in [5, 5.41) is 17.2. The molecule has 2 fully saturated rings. The maximum absolute atomic E-state index is 8.80. The van der Waals surface area contributed by atoms with E-state index in [0.29, 0.717) is 17.5 Å². The first kappa shape index (κ1) is 13.3. The van der Waals surface area contributed by atoms with Crippen molar-refractivity contribution in [2.75, 3.05) is 18.0 Å². The number of pyridine rings is 1. The fourth-order valence-electron chi connectivity index (χ4n) is 2.93. The van der Waals surface area contributed by atoms with Gasteiger partial charge >= 0.3 is 0 Å². The van der Waals surface area contributed by atoms with Crippen LogP contribution in [0.25, 0.3) is 0 Å². The Hall–Kier alpha value is -2.42. The van der Waals surface area contributed by atoms with E-state index in [9.17, 15) is 0 Å². The van der Waals surface area contributed by atoms with E-state index in [4.69, 9.17) is 9.68 Å². The van der Waals surface area contributed by atoms with Crippen LogP contribution in [0, 0.1) is 11.3 Å². The normalized spacial score (nSPS) is 19.1. The van der Waals surface area contributed by atoms with Gasteiger partial charge in [-0.15, -0.1) is 10.2 Å². The molecule has 0 unspecified atom stereocenters. The second kappa shape index (κ2) is 5.41. The van der Waals surface area contributed by atoms with Gasteiger partial charge in [0, 0.05) is 24.9 Å². The van der Waals surface area contributed by atoms with Crippen molar-refractivity contribution < 1.29 is 4.42 Å². The zero-order chi connectivity index (χ0) is 14.9. The molecule has 6 heteroatoms. The maximum atomic E-state index is 8.80. The highest BCUT2D eigenvalue weighted by Crippen LogP contribution is 2.40. The molecule has 0 spiro atoms. The van der Waals surface area contributed by atoms with Crippen LogP contribution in [-0.4, -0.2) is 28.3 Å². The first-order chi connectivity index (χ1) is 10.8. The minimum atomic E-state index is 0.364. The Kier molecular flexibility index (Phi) is 3.26. The van der Waals surface area contributed by atoms with E-state index < -0.39 is 0 Å². The summed E-state index contributed by atoms with van der Waals surface area (Å²) in [6.45, 7) is 1.89. The van der Waals surface area contributed by atoms with Crippen molar-refractivity contribution in [1.29, 1.82) is 5.26 Å². The number of hydrogen-bond acceptors (Lipinski definition) is 6. The monoisotopic (exact) mass is 295 g/mol. The number of rotatable bonds is 3. The number of piperidine rings is 1. The molecule has 0 bridgehead atoms. The Bertz CT molecular complexity index is 690. The minimum Gasteiger partial charge on any atom is -0.425 e. The second-order valence-corrected chi connectivity index (χ2v) is 6.03. The quantitative estimate of drug-likeness (QED) is 0.866. The molecular formula is C16H17N5O. The van der Waals surface area contributed by atoms with Gasteiger partial charge in [0.1, 0.15) is 11.8 Å². The Morgan fingerprint density at radius 3 is 2.27 bits per heavy atom. The lowest BCUT2D eigenvalue weighted by molar-refractivity contribution is 0.376. The van der Waals surface area contributed by atoms with Gasteiger partial charge in [-0.2, -0.15) is 5.26 Å². The van der Waals surface area contributed by atoms with Gasteiger partial charge in [0.15, 0.2) is 0 Å². The molecule has 0 aromatic carbocycles. The Morgan fingerprint density at radius 2 is 1.73 bits per heavy atom. The molecule has 4 rings (SSSR count). The molecule has 1 saturated carbocycles. The summed E-state index contributed by atoms with van der Waals surface area (Å²) >= 11 is 0. The van der Waals surface area contributed by atoms with Gasteiger partial charge in [0.25, 0.3) is 0 Å². The molecule has 22 heavy (non-hydrogen) atoms. The minimum absolute atomic E-state index is 0.364. The Balaban J connectivity index is 1.39. The summed E-state index contributed by atoms with van der Waals surface area (Å²) in [5.74, 6) is 2.52. The van der Waals surface area contributed by atoms with Gasteiger partial charge in [-0.05, 0) is 37.8 Å². The molecule has 2 aromatic rings. The van der Waals surface area contributed by atoms with E-state index in [0.717, 1.165) is 43.4 Å². The summed E-state index contributed by atoms with van der Waals surface area (Å²) in [4.78, 5) is 6.43. The standard InChI is InChI=1S/C16H17N5O/c17-9-13-3-4-14(10-18-13)21-7-5-12(6-8-21)16-20-19-15(22-16)11-1-2-11/h3-4,10-12H,1-2,5-8H2. The van der Waals surface area contributed by atoms with Crippen LogP contribution in [0.15, 0.2) is 22.7 Å². The zero-order valence-corrected chi connectivity index (χ0v) is 12.3. The van der Waals surface area contributed by atoms with E-state index in [2.05, 4.69) is 20.1 Å². The molecule has 0 amide bonds. The van der Waals surface area contributed by atoms with Crippen LogP contribution in [0.3, 0.4) is 0 Å². The fourth-order valence-corrected chi connectivity index (χ4v) is 2.93. The average Bonchev–Trinajstić information content (AvgIpc) is 3.32. The van der Waals surface area contributed by atoms with Gasteiger partial charge in [-0.3, -0.25) is 0 Å². The fraction of sp³-hybridized carbons (Fsp3) is 0.500. The largest absolute Gasteiger partial charge is 0.425 e. The number of nitrogens with zero attached hydrogens (tertiary/aromatic N) is 5. The van der Waals surface area contributed by atoms with Gasteiger partial charge in [0.05, 0.1) is 11.9 Å². The van der Waals surface area contributed by atoms with Crippen molar-refractivity contribution in [2.24, 2.45) is 0 Å². The van der Waals surface area contributed by atoms with E-state index in [-0.39, 0.29) is 0 Å². The summed E-state index contributed by atoms with van der Waals surface area (Å²) in [6, 6.07) is 5.77. The van der Waals surface area contributed by atoms with Crippen molar-refractivity contribution >= 4 is 5.69 Å². The van der Waals surface area contributed by atoms with Crippen LogP contribution in [0.1, 0.15) is 55.0 Å². The van der Waals surface area contributed by atoms with Crippen LogP contribution < -0.4 is 4.90 Å². The molecule has 1 aliphatic heterocycles. The van der Waals surface area contributed by atoms with Crippen LogP contribution in [0.5, 0.6) is 0 Å². The molecule has 112 valence electrons. The molecule has 0 radical (unpaired) electrons. The third kappa shape index (κ3) is 2.54. The number of aromatic nitrogens is 3. The predicted octanol–water partition coefficient (Wildman–Crippen LogP) is 2.60. The number of hydrogen-bond donors (Lipinski definition) is 0. The van der Waals surface area contributed by atoms with Crippen LogP contribution in [-0.2, 0) is 0 Å². The van der Waals surface area contributed by atoms with Gasteiger partial charge < -0.3 is 9.32 Å². The summed E-state index contributed by atoms with van der Waals surface area (Å²) < 4.78 is 5.83. The van der Waals surface area contributed by atoms with Crippen molar-refractivity contribution in [3.63, 3.8) is 0 Å². The topological polar surface area (TPSA) is 78.8 Å². The highest BCUT2D eigenvalue weighted by molar-refractivity contribution is 5.46. The number of anilines is 1. The Labute approximate surface area is 128 Å². The van der Waals surface area contributed by atoms with Gasteiger partial charge in [-0.1, -0.05) is 0 Å². The lowest BCUT2D eigenvalue weighted by Crippen LogP contribution is -2.33. The molecule has 1 saturated heterocycles. The number of nitriles is 1. The summed E-state index contributed by atoms with van der Waals surface area (Å²) in [6.07, 6.45) is 6.16. The molecule has 2 aliphatic rings. The second-order valence-electron chi connectivity index (χ2n) is 6.03. The highest BCUT2D eigenvalue weighted by Gasteiger charge is 2.31. The molecule has 1 aliphatic carbocycles. The van der Waals surface area contributed by atoms with Crippen LogP contribution >= 0.6 is 0 Å². The van der Waals surface area contributed by atoms with Crippen LogP contribution in [0.4, 0.5) is 5.69 Å². The Morgan fingerprint density at radius 1 is 1.05 bits per heavy atom. The van der Waals surface area contributed by atoms with E-state index in [1.165, 1.54) is 12.8 Å². The first-order valence-corrected chi connectivity index (χ1v) is 7.78. The highest BCUT2D eigenvalue weighted by atomic mass is 16.4. The third-order valence-corrected chi connectivity index (χ3v) is 4.45.